The third-order valence-electron chi connectivity index (χ3n) is 4.95. The lowest BCUT2D eigenvalue weighted by atomic mass is 9.87. The van der Waals surface area contributed by atoms with Crippen LogP contribution in [-0.4, -0.2) is 47.2 Å². The van der Waals surface area contributed by atoms with E-state index in [-0.39, 0.29) is 18.1 Å². The number of likely N-dealkylation sites (tertiary alicyclic amines) is 1. The zero-order valence-corrected chi connectivity index (χ0v) is 13.0. The van der Waals surface area contributed by atoms with Crippen molar-refractivity contribution in [1.82, 2.24) is 10.2 Å². The third kappa shape index (κ3) is 4.45. The van der Waals surface area contributed by atoms with E-state index in [1.807, 2.05) is 6.92 Å². The topological polar surface area (TPSA) is 52.6 Å². The van der Waals surface area contributed by atoms with Crippen molar-refractivity contribution in [1.29, 1.82) is 0 Å². The summed E-state index contributed by atoms with van der Waals surface area (Å²) in [4.78, 5) is 14.4. The summed E-state index contributed by atoms with van der Waals surface area (Å²) in [6.45, 7) is 5.51. The van der Waals surface area contributed by atoms with Crippen LogP contribution in [0.25, 0.3) is 0 Å². The van der Waals surface area contributed by atoms with E-state index < -0.39 is 0 Å². The van der Waals surface area contributed by atoms with Gasteiger partial charge in [-0.3, -0.25) is 9.69 Å². The molecule has 1 heterocycles. The Balaban J connectivity index is 1.78. The molecule has 116 valence electrons. The Bertz CT molecular complexity index is 312. The summed E-state index contributed by atoms with van der Waals surface area (Å²) in [5.74, 6) is 0.946. The molecule has 0 aromatic heterocycles. The molecular formula is C16H30N2O2. The number of carbonyl (C=O) groups is 1. The van der Waals surface area contributed by atoms with Crippen LogP contribution in [0.3, 0.4) is 0 Å². The average molecular weight is 282 g/mol. The van der Waals surface area contributed by atoms with Gasteiger partial charge in [-0.1, -0.05) is 13.3 Å². The molecule has 2 aliphatic rings. The minimum atomic E-state index is -0.348. The van der Waals surface area contributed by atoms with E-state index in [1.165, 1.54) is 12.8 Å². The molecule has 2 fully saturated rings. The zero-order chi connectivity index (χ0) is 14.5. The fraction of sp³-hybridized carbons (Fsp3) is 0.938. The highest BCUT2D eigenvalue weighted by atomic mass is 16.3. The Hall–Kier alpha value is -0.610. The van der Waals surface area contributed by atoms with Gasteiger partial charge in [0.05, 0.1) is 12.6 Å². The van der Waals surface area contributed by atoms with E-state index in [9.17, 15) is 9.90 Å². The van der Waals surface area contributed by atoms with Crippen molar-refractivity contribution in [2.75, 3.05) is 13.1 Å². The highest BCUT2D eigenvalue weighted by Crippen LogP contribution is 2.23. The smallest absolute Gasteiger partial charge is 0.234 e. The van der Waals surface area contributed by atoms with E-state index in [0.29, 0.717) is 12.6 Å². The molecule has 1 saturated carbocycles. The summed E-state index contributed by atoms with van der Waals surface area (Å²) >= 11 is 0. The predicted molar refractivity (Wildman–Crippen MR) is 80.5 cm³/mol. The average Bonchev–Trinajstić information content (AvgIpc) is 2.41. The molecule has 0 unspecified atom stereocenters. The van der Waals surface area contributed by atoms with E-state index >= 15 is 0 Å². The number of rotatable bonds is 4. The first-order valence-corrected chi connectivity index (χ1v) is 8.27. The molecule has 0 spiro atoms. The largest absolute Gasteiger partial charge is 0.392 e. The van der Waals surface area contributed by atoms with Crippen LogP contribution in [0, 0.1) is 5.92 Å². The van der Waals surface area contributed by atoms with Gasteiger partial charge in [0.1, 0.15) is 0 Å². The molecule has 0 aromatic carbocycles. The number of hydrogen-bond acceptors (Lipinski definition) is 3. The quantitative estimate of drug-likeness (QED) is 0.828. The normalized spacial score (nSPS) is 33.6. The summed E-state index contributed by atoms with van der Waals surface area (Å²) < 4.78 is 0. The van der Waals surface area contributed by atoms with Crippen molar-refractivity contribution in [3.63, 3.8) is 0 Å². The molecule has 0 radical (unpaired) electrons. The number of aliphatic hydroxyl groups is 1. The third-order valence-corrected chi connectivity index (χ3v) is 4.95. The molecule has 0 bridgehead atoms. The van der Waals surface area contributed by atoms with Gasteiger partial charge in [0.15, 0.2) is 0 Å². The van der Waals surface area contributed by atoms with Gasteiger partial charge < -0.3 is 10.4 Å². The van der Waals surface area contributed by atoms with E-state index in [0.717, 1.165) is 44.6 Å². The van der Waals surface area contributed by atoms with Crippen molar-refractivity contribution >= 4 is 5.91 Å². The van der Waals surface area contributed by atoms with Crippen LogP contribution in [-0.2, 0) is 4.79 Å². The predicted octanol–water partition coefficient (Wildman–Crippen LogP) is 1.92. The molecule has 2 rings (SSSR count). The molecule has 4 nitrogen and oxygen atoms in total. The monoisotopic (exact) mass is 282 g/mol. The van der Waals surface area contributed by atoms with E-state index in [4.69, 9.17) is 0 Å². The van der Waals surface area contributed by atoms with Gasteiger partial charge >= 0.3 is 0 Å². The number of nitrogens with zero attached hydrogens (tertiary/aromatic N) is 1. The Morgan fingerprint density at radius 3 is 2.60 bits per heavy atom. The number of hydrogen-bond donors (Lipinski definition) is 2. The Morgan fingerprint density at radius 1 is 1.25 bits per heavy atom. The SMILES string of the molecule is CC1CCC(NC(=O)CN2CCCC[C@@H]2[C@H](C)O)CC1. The van der Waals surface area contributed by atoms with Gasteiger partial charge in [0.2, 0.25) is 5.91 Å². The minimum absolute atomic E-state index is 0.136. The van der Waals surface area contributed by atoms with Gasteiger partial charge in [-0.2, -0.15) is 0 Å². The number of nitrogens with one attached hydrogen (secondary N) is 1. The van der Waals surface area contributed by atoms with Crippen molar-refractivity contribution in [3.05, 3.63) is 0 Å². The zero-order valence-electron chi connectivity index (χ0n) is 13.0. The molecule has 0 aromatic rings. The van der Waals surface area contributed by atoms with Gasteiger partial charge in [-0.15, -0.1) is 0 Å². The van der Waals surface area contributed by atoms with Crippen molar-refractivity contribution in [2.24, 2.45) is 5.92 Å². The Kier molecular flexibility index (Phi) is 5.85. The summed E-state index contributed by atoms with van der Waals surface area (Å²) in [7, 11) is 0. The van der Waals surface area contributed by atoms with Gasteiger partial charge in [-0.25, -0.2) is 0 Å². The van der Waals surface area contributed by atoms with Crippen LogP contribution < -0.4 is 5.32 Å². The lowest BCUT2D eigenvalue weighted by Crippen LogP contribution is -2.51. The molecule has 1 amide bonds. The van der Waals surface area contributed by atoms with Gasteiger partial charge in [0.25, 0.3) is 0 Å². The maximum atomic E-state index is 12.2. The molecular weight excluding hydrogens is 252 g/mol. The summed E-state index contributed by atoms with van der Waals surface area (Å²) in [6.07, 6.45) is 7.64. The Labute approximate surface area is 122 Å². The van der Waals surface area contributed by atoms with Crippen LogP contribution in [0.5, 0.6) is 0 Å². The molecule has 1 aliphatic carbocycles. The maximum Gasteiger partial charge on any atom is 0.234 e. The van der Waals surface area contributed by atoms with Gasteiger partial charge in [0, 0.05) is 12.1 Å². The second-order valence-electron chi connectivity index (χ2n) is 6.80. The lowest BCUT2D eigenvalue weighted by Gasteiger charge is -2.37. The number of carbonyl (C=O) groups excluding carboxylic acids is 1. The highest BCUT2D eigenvalue weighted by Gasteiger charge is 2.28. The molecule has 20 heavy (non-hydrogen) atoms. The van der Waals surface area contributed by atoms with Crippen LogP contribution >= 0.6 is 0 Å². The van der Waals surface area contributed by atoms with Crippen molar-refractivity contribution in [2.45, 2.75) is 77.0 Å². The summed E-state index contributed by atoms with van der Waals surface area (Å²) in [5, 5.41) is 13.0. The number of piperidine rings is 1. The van der Waals surface area contributed by atoms with Crippen LogP contribution in [0.4, 0.5) is 0 Å². The second-order valence-corrected chi connectivity index (χ2v) is 6.80. The lowest BCUT2D eigenvalue weighted by molar-refractivity contribution is -0.124. The molecule has 1 saturated heterocycles. The molecule has 4 heteroatoms. The standard InChI is InChI=1S/C16H30N2O2/c1-12-6-8-14(9-7-12)17-16(20)11-18-10-4-3-5-15(18)13(2)19/h12-15,19H,3-11H2,1-2H3,(H,17,20)/t12?,13-,14?,15+/m0/s1. The summed E-state index contributed by atoms with van der Waals surface area (Å²) in [5.41, 5.74) is 0. The number of aliphatic hydroxyl groups excluding tert-OH is 1. The number of amides is 1. The van der Waals surface area contributed by atoms with Gasteiger partial charge in [-0.05, 0) is 57.9 Å². The van der Waals surface area contributed by atoms with Crippen molar-refractivity contribution < 1.29 is 9.90 Å². The molecule has 1 aliphatic heterocycles. The second kappa shape index (κ2) is 7.41. The fourth-order valence-electron chi connectivity index (χ4n) is 3.62. The first-order valence-electron chi connectivity index (χ1n) is 8.27. The maximum absolute atomic E-state index is 12.2. The van der Waals surface area contributed by atoms with Crippen molar-refractivity contribution in [3.8, 4) is 0 Å². The minimum Gasteiger partial charge on any atom is -0.392 e. The van der Waals surface area contributed by atoms with Crippen LogP contribution in [0.15, 0.2) is 0 Å². The first-order chi connectivity index (χ1) is 9.56. The van der Waals surface area contributed by atoms with Crippen LogP contribution in [0.2, 0.25) is 0 Å². The first kappa shape index (κ1) is 15.8. The Morgan fingerprint density at radius 2 is 1.95 bits per heavy atom. The molecule has 2 N–H and O–H groups in total. The summed E-state index contributed by atoms with van der Waals surface area (Å²) in [6, 6.07) is 0.523. The highest BCUT2D eigenvalue weighted by molar-refractivity contribution is 5.78. The van der Waals surface area contributed by atoms with Crippen LogP contribution in [0.1, 0.15) is 58.8 Å². The van der Waals surface area contributed by atoms with E-state index in [1.54, 1.807) is 0 Å². The van der Waals surface area contributed by atoms with E-state index in [2.05, 4.69) is 17.1 Å². The molecule has 2 atom stereocenters. The fourth-order valence-corrected chi connectivity index (χ4v) is 3.62.